The molecule has 0 aliphatic carbocycles. The van der Waals surface area contributed by atoms with Gasteiger partial charge in [0.15, 0.2) is 0 Å². The van der Waals surface area contributed by atoms with Gasteiger partial charge in [0.25, 0.3) is 0 Å². The number of benzene rings is 2. The summed E-state index contributed by atoms with van der Waals surface area (Å²) >= 11 is 4.11. The van der Waals surface area contributed by atoms with Crippen LogP contribution in [0.4, 0.5) is 18.9 Å². The zero-order chi connectivity index (χ0) is 14.0. The van der Waals surface area contributed by atoms with Gasteiger partial charge in [0.05, 0.1) is 4.90 Å². The van der Waals surface area contributed by atoms with Gasteiger partial charge >= 0.3 is 0 Å². The Morgan fingerprint density at radius 1 is 1.00 bits per heavy atom. The molecule has 1 nitrogen and oxygen atoms in total. The van der Waals surface area contributed by atoms with Crippen molar-refractivity contribution in [2.75, 3.05) is 5.73 Å². The molecule has 100 valence electrons. The van der Waals surface area contributed by atoms with Crippen LogP contribution in [-0.2, 0) is 5.75 Å². The van der Waals surface area contributed by atoms with Crippen LogP contribution < -0.4 is 5.73 Å². The predicted molar refractivity (Wildman–Crippen MR) is 74.4 cm³/mol. The van der Waals surface area contributed by atoms with Crippen molar-refractivity contribution in [3.05, 3.63) is 57.8 Å². The van der Waals surface area contributed by atoms with E-state index in [1.807, 2.05) is 0 Å². The van der Waals surface area contributed by atoms with Crippen LogP contribution in [0.3, 0.4) is 0 Å². The summed E-state index contributed by atoms with van der Waals surface area (Å²) in [5.74, 6) is -1.76. The third kappa shape index (κ3) is 3.45. The number of hydrogen-bond donors (Lipinski definition) is 1. The lowest BCUT2D eigenvalue weighted by Gasteiger charge is -2.07. The topological polar surface area (TPSA) is 26.0 Å². The number of halogens is 4. The van der Waals surface area contributed by atoms with E-state index in [0.29, 0.717) is 10.0 Å². The molecule has 0 saturated carbocycles. The standard InChI is InChI=1S/C13H9BrF3NS/c14-8-1-2-10(15)7(3-8)6-19-13-11(16)4-9(18)5-12(13)17/h1-5H,6,18H2. The van der Waals surface area contributed by atoms with Crippen LogP contribution in [0.2, 0.25) is 0 Å². The second kappa shape index (κ2) is 5.88. The largest absolute Gasteiger partial charge is 0.399 e. The van der Waals surface area contributed by atoms with E-state index in [1.54, 1.807) is 12.1 Å². The van der Waals surface area contributed by atoms with Crippen LogP contribution in [0.25, 0.3) is 0 Å². The van der Waals surface area contributed by atoms with Gasteiger partial charge in [-0.25, -0.2) is 13.2 Å². The summed E-state index contributed by atoms with van der Waals surface area (Å²) in [5, 5.41) is 0. The van der Waals surface area contributed by atoms with E-state index < -0.39 is 17.5 Å². The molecule has 19 heavy (non-hydrogen) atoms. The highest BCUT2D eigenvalue weighted by atomic mass is 79.9. The average molecular weight is 348 g/mol. The van der Waals surface area contributed by atoms with Crippen LogP contribution in [0.5, 0.6) is 0 Å². The van der Waals surface area contributed by atoms with Crippen molar-refractivity contribution < 1.29 is 13.2 Å². The van der Waals surface area contributed by atoms with Gasteiger partial charge in [0.1, 0.15) is 17.5 Å². The average Bonchev–Trinajstić information content (AvgIpc) is 2.32. The molecular formula is C13H9BrF3NS. The Kier molecular flexibility index (Phi) is 4.42. The predicted octanol–water partition coefficient (Wildman–Crippen LogP) is 4.74. The molecule has 0 aliphatic rings. The molecule has 0 aromatic heterocycles. The number of nitrogens with two attached hydrogens (primary N) is 1. The quantitative estimate of drug-likeness (QED) is 0.640. The number of nitrogen functional groups attached to an aromatic ring is 1. The molecule has 6 heteroatoms. The zero-order valence-corrected chi connectivity index (χ0v) is 12.0. The molecule has 0 saturated heterocycles. The fourth-order valence-electron chi connectivity index (χ4n) is 1.52. The number of thioether (sulfide) groups is 1. The van der Waals surface area contributed by atoms with Crippen LogP contribution in [-0.4, -0.2) is 0 Å². The Morgan fingerprint density at radius 2 is 1.63 bits per heavy atom. The first-order valence-corrected chi connectivity index (χ1v) is 7.06. The fraction of sp³-hybridized carbons (Fsp3) is 0.0769. The van der Waals surface area contributed by atoms with Crippen molar-refractivity contribution in [3.8, 4) is 0 Å². The summed E-state index contributed by atoms with van der Waals surface area (Å²) in [4.78, 5) is -0.159. The third-order valence-corrected chi connectivity index (χ3v) is 4.03. The Hall–Kier alpha value is -1.14. The smallest absolute Gasteiger partial charge is 0.141 e. The summed E-state index contributed by atoms with van der Waals surface area (Å²) in [6, 6.07) is 6.53. The lowest BCUT2D eigenvalue weighted by Crippen LogP contribution is -1.94. The Balaban J connectivity index is 2.21. The Labute approximate surface area is 121 Å². The van der Waals surface area contributed by atoms with Crippen molar-refractivity contribution in [1.29, 1.82) is 0 Å². The number of anilines is 1. The minimum absolute atomic E-state index is 0.0213. The molecule has 0 radical (unpaired) electrons. The first-order chi connectivity index (χ1) is 8.97. The van der Waals surface area contributed by atoms with Crippen LogP contribution in [0.1, 0.15) is 5.56 Å². The van der Waals surface area contributed by atoms with E-state index in [2.05, 4.69) is 15.9 Å². The molecule has 0 atom stereocenters. The summed E-state index contributed by atoms with van der Waals surface area (Å²) < 4.78 is 41.3. The van der Waals surface area contributed by atoms with E-state index in [0.717, 1.165) is 23.9 Å². The van der Waals surface area contributed by atoms with Crippen LogP contribution in [0, 0.1) is 17.5 Å². The summed E-state index contributed by atoms with van der Waals surface area (Å²) in [6.45, 7) is 0. The molecule has 0 heterocycles. The third-order valence-electron chi connectivity index (χ3n) is 2.40. The number of hydrogen-bond acceptors (Lipinski definition) is 2. The zero-order valence-electron chi connectivity index (χ0n) is 9.59. The lowest BCUT2D eigenvalue weighted by atomic mass is 10.2. The molecule has 2 rings (SSSR count). The van der Waals surface area contributed by atoms with Crippen molar-refractivity contribution in [1.82, 2.24) is 0 Å². The lowest BCUT2D eigenvalue weighted by molar-refractivity contribution is 0.541. The van der Waals surface area contributed by atoms with Crippen molar-refractivity contribution in [3.63, 3.8) is 0 Å². The first kappa shape index (κ1) is 14.3. The maximum absolute atomic E-state index is 13.6. The van der Waals surface area contributed by atoms with Gasteiger partial charge in [-0.15, -0.1) is 11.8 Å². The van der Waals surface area contributed by atoms with Gasteiger partial charge in [0.2, 0.25) is 0 Å². The van der Waals surface area contributed by atoms with Gasteiger partial charge in [-0.3, -0.25) is 0 Å². The van der Waals surface area contributed by atoms with Gasteiger partial charge in [0, 0.05) is 15.9 Å². The highest BCUT2D eigenvalue weighted by Crippen LogP contribution is 2.31. The van der Waals surface area contributed by atoms with Gasteiger partial charge in [-0.2, -0.15) is 0 Å². The molecule has 0 unspecified atom stereocenters. The second-order valence-corrected chi connectivity index (χ2v) is 5.74. The number of rotatable bonds is 3. The summed E-state index contributed by atoms with van der Waals surface area (Å²) in [5.41, 5.74) is 5.72. The molecule has 2 aromatic carbocycles. The second-order valence-electron chi connectivity index (χ2n) is 3.84. The molecule has 0 aliphatic heterocycles. The maximum Gasteiger partial charge on any atom is 0.141 e. The Morgan fingerprint density at radius 3 is 2.26 bits per heavy atom. The van der Waals surface area contributed by atoms with Gasteiger partial charge in [-0.1, -0.05) is 15.9 Å². The van der Waals surface area contributed by atoms with E-state index in [9.17, 15) is 13.2 Å². The minimum atomic E-state index is -0.738. The fourth-order valence-corrected chi connectivity index (χ4v) is 2.84. The van der Waals surface area contributed by atoms with Crippen molar-refractivity contribution >= 4 is 33.4 Å². The van der Waals surface area contributed by atoms with E-state index in [-0.39, 0.29) is 16.3 Å². The van der Waals surface area contributed by atoms with E-state index in [4.69, 9.17) is 5.73 Å². The van der Waals surface area contributed by atoms with Crippen LogP contribution >= 0.6 is 27.7 Å². The van der Waals surface area contributed by atoms with Gasteiger partial charge < -0.3 is 5.73 Å². The van der Waals surface area contributed by atoms with E-state index in [1.165, 1.54) is 6.07 Å². The molecule has 2 N–H and O–H groups in total. The van der Waals surface area contributed by atoms with Crippen molar-refractivity contribution in [2.24, 2.45) is 0 Å². The first-order valence-electron chi connectivity index (χ1n) is 5.28. The Bertz CT molecular complexity index is 596. The van der Waals surface area contributed by atoms with Gasteiger partial charge in [-0.05, 0) is 35.9 Å². The maximum atomic E-state index is 13.6. The summed E-state index contributed by atoms with van der Waals surface area (Å²) in [7, 11) is 0. The molecule has 2 aromatic rings. The monoisotopic (exact) mass is 347 g/mol. The van der Waals surface area contributed by atoms with Crippen molar-refractivity contribution in [2.45, 2.75) is 10.6 Å². The van der Waals surface area contributed by atoms with Crippen LogP contribution in [0.15, 0.2) is 39.7 Å². The van der Waals surface area contributed by atoms with E-state index >= 15 is 0 Å². The molecule has 0 amide bonds. The normalized spacial score (nSPS) is 10.7. The SMILES string of the molecule is Nc1cc(F)c(SCc2cc(Br)ccc2F)c(F)c1. The molecular weight excluding hydrogens is 339 g/mol. The summed E-state index contributed by atoms with van der Waals surface area (Å²) in [6.07, 6.45) is 0. The highest BCUT2D eigenvalue weighted by Gasteiger charge is 2.12. The molecule has 0 spiro atoms. The minimum Gasteiger partial charge on any atom is -0.399 e. The molecule has 0 bridgehead atoms. The highest BCUT2D eigenvalue weighted by molar-refractivity contribution is 9.10. The molecule has 0 fully saturated rings.